The van der Waals surface area contributed by atoms with Gasteiger partial charge in [-0.3, -0.25) is 4.98 Å². The smallest absolute Gasteiger partial charge is 0.243 e. The fourth-order valence-electron chi connectivity index (χ4n) is 3.27. The van der Waals surface area contributed by atoms with Crippen LogP contribution in [0, 0.1) is 12.8 Å². The van der Waals surface area contributed by atoms with E-state index in [4.69, 9.17) is 5.73 Å². The monoisotopic (exact) mass is 333 g/mol. The molecule has 2 N–H and O–H groups in total. The van der Waals surface area contributed by atoms with Gasteiger partial charge in [-0.2, -0.15) is 4.31 Å². The Labute approximate surface area is 137 Å². The molecule has 2 aromatic rings. The summed E-state index contributed by atoms with van der Waals surface area (Å²) in [6.45, 7) is 4.95. The molecule has 23 heavy (non-hydrogen) atoms. The van der Waals surface area contributed by atoms with Gasteiger partial charge in [-0.15, -0.1) is 0 Å². The first-order valence-corrected chi connectivity index (χ1v) is 9.45. The number of benzene rings is 1. The molecule has 3 rings (SSSR count). The van der Waals surface area contributed by atoms with Crippen LogP contribution < -0.4 is 5.73 Å². The second-order valence-corrected chi connectivity index (χ2v) is 8.31. The van der Waals surface area contributed by atoms with Gasteiger partial charge in [0.25, 0.3) is 0 Å². The first-order chi connectivity index (χ1) is 10.9. The van der Waals surface area contributed by atoms with E-state index in [1.54, 1.807) is 22.6 Å². The van der Waals surface area contributed by atoms with Crippen LogP contribution in [0.4, 0.5) is 0 Å². The summed E-state index contributed by atoms with van der Waals surface area (Å²) < 4.78 is 27.9. The number of hydrogen-bond donors (Lipinski definition) is 1. The van der Waals surface area contributed by atoms with E-state index in [9.17, 15) is 8.42 Å². The maximum Gasteiger partial charge on any atom is 0.243 e. The zero-order valence-electron chi connectivity index (χ0n) is 13.6. The van der Waals surface area contributed by atoms with E-state index < -0.39 is 10.0 Å². The number of sulfonamides is 1. The Balaban J connectivity index is 2.05. The molecule has 1 aromatic heterocycles. The third kappa shape index (κ3) is 2.98. The van der Waals surface area contributed by atoms with Gasteiger partial charge in [0, 0.05) is 30.7 Å². The lowest BCUT2D eigenvalue weighted by molar-refractivity contribution is 0.243. The first-order valence-electron chi connectivity index (χ1n) is 8.01. The topological polar surface area (TPSA) is 76.3 Å². The highest BCUT2D eigenvalue weighted by Gasteiger charge is 2.32. The van der Waals surface area contributed by atoms with Crippen molar-refractivity contribution in [3.63, 3.8) is 0 Å². The molecular formula is C17H23N3O2S. The fraction of sp³-hybridized carbons (Fsp3) is 0.471. The van der Waals surface area contributed by atoms with E-state index in [0.29, 0.717) is 23.4 Å². The van der Waals surface area contributed by atoms with Gasteiger partial charge in [-0.25, -0.2) is 8.42 Å². The highest BCUT2D eigenvalue weighted by molar-refractivity contribution is 7.89. The van der Waals surface area contributed by atoms with E-state index >= 15 is 0 Å². The van der Waals surface area contributed by atoms with Gasteiger partial charge in [0.05, 0.1) is 10.4 Å². The van der Waals surface area contributed by atoms with Crippen molar-refractivity contribution in [1.82, 2.24) is 9.29 Å². The lowest BCUT2D eigenvalue weighted by Gasteiger charge is -2.34. The van der Waals surface area contributed by atoms with Crippen molar-refractivity contribution in [1.29, 1.82) is 0 Å². The van der Waals surface area contributed by atoms with Crippen molar-refractivity contribution in [2.45, 2.75) is 37.6 Å². The SMILES string of the molecule is Cc1ccc(S(=O)(=O)N2CCC[C@H]([C@H](C)N)C2)c2cccnc12. The van der Waals surface area contributed by atoms with E-state index in [1.165, 1.54) is 0 Å². The standard InChI is InChI=1S/C17H23N3O2S/c1-12-7-8-16(15-6-3-9-19-17(12)15)23(21,22)20-10-4-5-14(11-20)13(2)18/h3,6-9,13-14H,4-5,10-11,18H2,1-2H3/t13-,14-/m0/s1. The van der Waals surface area contributed by atoms with E-state index in [1.807, 2.05) is 26.0 Å². The molecule has 124 valence electrons. The maximum absolute atomic E-state index is 13.1. The molecule has 2 atom stereocenters. The average Bonchev–Trinajstić information content (AvgIpc) is 2.55. The van der Waals surface area contributed by atoms with Gasteiger partial charge in [-0.1, -0.05) is 6.07 Å². The molecule has 0 unspecified atom stereocenters. The molecular weight excluding hydrogens is 310 g/mol. The van der Waals surface area contributed by atoms with Crippen molar-refractivity contribution in [2.75, 3.05) is 13.1 Å². The molecule has 1 aliphatic rings. The van der Waals surface area contributed by atoms with Crippen molar-refractivity contribution in [3.8, 4) is 0 Å². The minimum absolute atomic E-state index is 0.00410. The van der Waals surface area contributed by atoms with Gasteiger partial charge in [0.1, 0.15) is 0 Å². The van der Waals surface area contributed by atoms with Crippen LogP contribution in [0.15, 0.2) is 35.4 Å². The summed E-state index contributed by atoms with van der Waals surface area (Å²) in [5.74, 6) is 0.216. The third-order valence-electron chi connectivity index (χ3n) is 4.71. The highest BCUT2D eigenvalue weighted by Crippen LogP contribution is 2.30. The summed E-state index contributed by atoms with van der Waals surface area (Å²) in [6.07, 6.45) is 3.53. The molecule has 1 aromatic carbocycles. The number of aryl methyl sites for hydroxylation is 1. The van der Waals surface area contributed by atoms with Crippen molar-refractivity contribution in [2.24, 2.45) is 11.7 Å². The van der Waals surface area contributed by atoms with Crippen LogP contribution in [-0.2, 0) is 10.0 Å². The molecule has 5 nitrogen and oxygen atoms in total. The Morgan fingerprint density at radius 1 is 1.35 bits per heavy atom. The van der Waals surface area contributed by atoms with Crippen molar-refractivity contribution in [3.05, 3.63) is 36.0 Å². The summed E-state index contributed by atoms with van der Waals surface area (Å²) in [7, 11) is -3.53. The Morgan fingerprint density at radius 3 is 2.87 bits per heavy atom. The zero-order chi connectivity index (χ0) is 16.6. The summed E-state index contributed by atoms with van der Waals surface area (Å²) >= 11 is 0. The number of piperidine rings is 1. The molecule has 1 saturated heterocycles. The van der Waals surface area contributed by atoms with Crippen LogP contribution >= 0.6 is 0 Å². The second kappa shape index (κ2) is 6.19. The zero-order valence-corrected chi connectivity index (χ0v) is 14.4. The molecule has 0 spiro atoms. The minimum Gasteiger partial charge on any atom is -0.328 e. The third-order valence-corrected chi connectivity index (χ3v) is 6.64. The number of aromatic nitrogens is 1. The van der Waals surface area contributed by atoms with Crippen LogP contribution in [-0.4, -0.2) is 36.8 Å². The lowest BCUT2D eigenvalue weighted by Crippen LogP contribution is -2.45. The highest BCUT2D eigenvalue weighted by atomic mass is 32.2. The predicted molar refractivity (Wildman–Crippen MR) is 91.6 cm³/mol. The largest absolute Gasteiger partial charge is 0.328 e. The molecule has 6 heteroatoms. The van der Waals surface area contributed by atoms with Gasteiger partial charge in [-0.05, 0) is 56.4 Å². The van der Waals surface area contributed by atoms with E-state index in [0.717, 1.165) is 23.9 Å². The van der Waals surface area contributed by atoms with Crippen LogP contribution in [0.25, 0.3) is 10.9 Å². The Hall–Kier alpha value is -1.50. The van der Waals surface area contributed by atoms with Gasteiger partial charge < -0.3 is 5.73 Å². The average molecular weight is 333 g/mol. The van der Waals surface area contributed by atoms with Gasteiger partial charge in [0.15, 0.2) is 0 Å². The van der Waals surface area contributed by atoms with Gasteiger partial charge >= 0.3 is 0 Å². The second-order valence-electron chi connectivity index (χ2n) is 6.40. The van der Waals surface area contributed by atoms with Crippen molar-refractivity contribution < 1.29 is 8.42 Å². The molecule has 1 fully saturated rings. The lowest BCUT2D eigenvalue weighted by atomic mass is 9.93. The van der Waals surface area contributed by atoms with E-state index in [2.05, 4.69) is 4.98 Å². The Kier molecular flexibility index (Phi) is 4.40. The number of hydrogen-bond acceptors (Lipinski definition) is 4. The quantitative estimate of drug-likeness (QED) is 0.935. The molecule has 0 aliphatic carbocycles. The first kappa shape index (κ1) is 16.4. The number of fused-ring (bicyclic) bond motifs is 1. The molecule has 0 radical (unpaired) electrons. The van der Waals surface area contributed by atoms with Crippen LogP contribution in [0.5, 0.6) is 0 Å². The Morgan fingerprint density at radius 2 is 2.13 bits per heavy atom. The maximum atomic E-state index is 13.1. The number of nitrogens with two attached hydrogens (primary N) is 1. The molecule has 0 amide bonds. The summed E-state index contributed by atoms with van der Waals surface area (Å²) in [5.41, 5.74) is 7.71. The Bertz CT molecular complexity index is 818. The predicted octanol–water partition coefficient (Wildman–Crippen LogP) is 2.29. The minimum atomic E-state index is -3.53. The van der Waals surface area contributed by atoms with Crippen LogP contribution in [0.1, 0.15) is 25.3 Å². The number of rotatable bonds is 3. The normalized spacial score (nSPS) is 21.4. The summed E-state index contributed by atoms with van der Waals surface area (Å²) in [6, 6.07) is 7.14. The molecule has 0 bridgehead atoms. The molecule has 2 heterocycles. The fourth-order valence-corrected chi connectivity index (χ4v) is 4.99. The van der Waals surface area contributed by atoms with Crippen LogP contribution in [0.2, 0.25) is 0 Å². The number of pyridine rings is 1. The van der Waals surface area contributed by atoms with Gasteiger partial charge in [0.2, 0.25) is 10.0 Å². The molecule has 0 saturated carbocycles. The summed E-state index contributed by atoms with van der Waals surface area (Å²) in [4.78, 5) is 4.68. The number of nitrogens with zero attached hydrogens (tertiary/aromatic N) is 2. The van der Waals surface area contributed by atoms with Crippen molar-refractivity contribution >= 4 is 20.9 Å². The van der Waals surface area contributed by atoms with E-state index in [-0.39, 0.29) is 12.0 Å². The summed E-state index contributed by atoms with van der Waals surface area (Å²) in [5, 5.41) is 0.690. The van der Waals surface area contributed by atoms with Crippen LogP contribution in [0.3, 0.4) is 0 Å². The molecule has 1 aliphatic heterocycles.